The fourth-order valence-electron chi connectivity index (χ4n) is 1.88. The monoisotopic (exact) mass is 265 g/mol. The van der Waals surface area contributed by atoms with Gasteiger partial charge in [0, 0.05) is 6.04 Å². The van der Waals surface area contributed by atoms with E-state index in [9.17, 15) is 4.79 Å². The average molecular weight is 265 g/mol. The maximum Gasteiger partial charge on any atom is 0.272 e. The van der Waals surface area contributed by atoms with E-state index < -0.39 is 0 Å². The zero-order valence-corrected chi connectivity index (χ0v) is 11.6. The van der Waals surface area contributed by atoms with Crippen LogP contribution in [0.1, 0.15) is 56.4 Å². The molecule has 1 amide bonds. The van der Waals surface area contributed by atoms with Crippen LogP contribution in [0.25, 0.3) is 0 Å². The van der Waals surface area contributed by atoms with Crippen LogP contribution in [0.5, 0.6) is 0 Å². The molecule has 0 aromatic carbocycles. The van der Waals surface area contributed by atoms with Crippen LogP contribution in [0.4, 0.5) is 5.82 Å². The van der Waals surface area contributed by atoms with Crippen molar-refractivity contribution in [3.8, 4) is 0 Å². The maximum absolute atomic E-state index is 12.0. The molecule has 1 aromatic rings. The third-order valence-electron chi connectivity index (χ3n) is 2.92. The molecule has 1 heterocycles. The molecule has 1 atom stereocenters. The van der Waals surface area contributed by atoms with Crippen LogP contribution in [-0.2, 0) is 0 Å². The Bertz CT molecular complexity index is 379. The molecule has 0 spiro atoms. The number of rotatable bonds is 8. The molecule has 6 nitrogen and oxygen atoms in total. The quantitative estimate of drug-likeness (QED) is 0.492. The molecule has 0 fully saturated rings. The number of hydrogen-bond acceptors (Lipinski definition) is 5. The first-order chi connectivity index (χ1) is 9.21. The normalized spacial score (nSPS) is 11.9. The van der Waals surface area contributed by atoms with Gasteiger partial charge in [0.1, 0.15) is 0 Å². The average Bonchev–Trinajstić information content (AvgIpc) is 2.45. The molecular weight excluding hydrogens is 242 g/mol. The third kappa shape index (κ3) is 5.21. The fraction of sp³-hybridized carbons (Fsp3) is 0.615. The number of carbonyl (C=O) groups is 1. The minimum atomic E-state index is -0.175. The molecule has 0 saturated heterocycles. The Kier molecular flexibility index (Phi) is 6.81. The fourth-order valence-corrected chi connectivity index (χ4v) is 1.88. The van der Waals surface area contributed by atoms with Crippen molar-refractivity contribution in [2.24, 2.45) is 5.84 Å². The van der Waals surface area contributed by atoms with E-state index in [0.717, 1.165) is 32.1 Å². The van der Waals surface area contributed by atoms with E-state index in [1.807, 2.05) is 0 Å². The molecular formula is C13H23N5O. The molecule has 0 aliphatic carbocycles. The largest absolute Gasteiger partial charge is 0.348 e. The SMILES string of the molecule is CCCCC(CCC)NC(=O)c1ccc(NN)nn1. The molecule has 0 aliphatic heterocycles. The number of anilines is 1. The second-order valence-corrected chi connectivity index (χ2v) is 4.55. The van der Waals surface area contributed by atoms with E-state index in [2.05, 4.69) is 34.8 Å². The lowest BCUT2D eigenvalue weighted by Gasteiger charge is -2.17. The van der Waals surface area contributed by atoms with Crippen LogP contribution in [0, 0.1) is 0 Å². The highest BCUT2D eigenvalue weighted by molar-refractivity contribution is 5.92. The Balaban J connectivity index is 2.58. The van der Waals surface area contributed by atoms with Crippen molar-refractivity contribution in [2.75, 3.05) is 5.43 Å². The number of hydrazine groups is 1. The summed E-state index contributed by atoms with van der Waals surface area (Å²) in [5.74, 6) is 5.46. The summed E-state index contributed by atoms with van der Waals surface area (Å²) in [4.78, 5) is 12.0. The third-order valence-corrected chi connectivity index (χ3v) is 2.92. The molecule has 4 N–H and O–H groups in total. The highest BCUT2D eigenvalue weighted by atomic mass is 16.2. The Morgan fingerprint density at radius 3 is 2.58 bits per heavy atom. The van der Waals surface area contributed by atoms with E-state index in [4.69, 9.17) is 5.84 Å². The van der Waals surface area contributed by atoms with Gasteiger partial charge < -0.3 is 10.7 Å². The highest BCUT2D eigenvalue weighted by Gasteiger charge is 2.14. The molecule has 0 bridgehead atoms. The van der Waals surface area contributed by atoms with Crippen LogP contribution in [0.3, 0.4) is 0 Å². The summed E-state index contributed by atoms with van der Waals surface area (Å²) in [6.07, 6.45) is 5.29. The van der Waals surface area contributed by atoms with Gasteiger partial charge in [-0.3, -0.25) is 4.79 Å². The van der Waals surface area contributed by atoms with Gasteiger partial charge in [-0.2, -0.15) is 0 Å². The van der Waals surface area contributed by atoms with Gasteiger partial charge >= 0.3 is 0 Å². The number of nitrogen functional groups attached to an aromatic ring is 1. The summed E-state index contributed by atoms with van der Waals surface area (Å²) < 4.78 is 0. The van der Waals surface area contributed by atoms with Crippen LogP contribution in [0.2, 0.25) is 0 Å². The number of unbranched alkanes of at least 4 members (excludes halogenated alkanes) is 1. The first-order valence-electron chi connectivity index (χ1n) is 6.82. The first-order valence-corrected chi connectivity index (χ1v) is 6.82. The summed E-state index contributed by atoms with van der Waals surface area (Å²) in [6.45, 7) is 4.27. The van der Waals surface area contributed by atoms with Gasteiger partial charge in [0.15, 0.2) is 11.5 Å². The molecule has 0 saturated carbocycles. The number of nitrogens with one attached hydrogen (secondary N) is 2. The smallest absolute Gasteiger partial charge is 0.272 e. The second kappa shape index (κ2) is 8.42. The van der Waals surface area contributed by atoms with Gasteiger partial charge in [0.25, 0.3) is 5.91 Å². The molecule has 19 heavy (non-hydrogen) atoms. The summed E-state index contributed by atoms with van der Waals surface area (Å²) >= 11 is 0. The van der Waals surface area contributed by atoms with Crippen molar-refractivity contribution >= 4 is 11.7 Å². The lowest BCUT2D eigenvalue weighted by atomic mass is 10.1. The summed E-state index contributed by atoms with van der Waals surface area (Å²) in [5.41, 5.74) is 2.69. The number of aromatic nitrogens is 2. The van der Waals surface area contributed by atoms with Crippen molar-refractivity contribution in [3.63, 3.8) is 0 Å². The van der Waals surface area contributed by atoms with E-state index in [0.29, 0.717) is 11.5 Å². The summed E-state index contributed by atoms with van der Waals surface area (Å²) in [5, 5.41) is 10.6. The highest BCUT2D eigenvalue weighted by Crippen LogP contribution is 2.08. The zero-order valence-electron chi connectivity index (χ0n) is 11.6. The van der Waals surface area contributed by atoms with E-state index in [1.165, 1.54) is 0 Å². The van der Waals surface area contributed by atoms with E-state index >= 15 is 0 Å². The van der Waals surface area contributed by atoms with Gasteiger partial charge in [-0.15, -0.1) is 10.2 Å². The number of hydrogen-bond donors (Lipinski definition) is 3. The van der Waals surface area contributed by atoms with Gasteiger partial charge in [-0.25, -0.2) is 5.84 Å². The summed E-state index contributed by atoms with van der Waals surface area (Å²) in [6, 6.07) is 3.45. The molecule has 0 radical (unpaired) electrons. The summed E-state index contributed by atoms with van der Waals surface area (Å²) in [7, 11) is 0. The number of carbonyl (C=O) groups excluding carboxylic acids is 1. The molecule has 1 aromatic heterocycles. The van der Waals surface area contributed by atoms with Gasteiger partial charge in [0.05, 0.1) is 0 Å². The van der Waals surface area contributed by atoms with Gasteiger partial charge in [0.2, 0.25) is 0 Å². The van der Waals surface area contributed by atoms with Crippen LogP contribution < -0.4 is 16.6 Å². The Morgan fingerprint density at radius 1 is 1.26 bits per heavy atom. The molecule has 0 aliphatic rings. The van der Waals surface area contributed by atoms with Gasteiger partial charge in [-0.1, -0.05) is 33.1 Å². The van der Waals surface area contributed by atoms with Crippen molar-refractivity contribution in [3.05, 3.63) is 17.8 Å². The maximum atomic E-state index is 12.0. The molecule has 1 rings (SSSR count). The molecule has 106 valence electrons. The predicted molar refractivity (Wildman–Crippen MR) is 75.5 cm³/mol. The lowest BCUT2D eigenvalue weighted by Crippen LogP contribution is -2.35. The Morgan fingerprint density at radius 2 is 2.05 bits per heavy atom. The lowest BCUT2D eigenvalue weighted by molar-refractivity contribution is 0.0926. The van der Waals surface area contributed by atoms with Crippen LogP contribution in [-0.4, -0.2) is 22.1 Å². The van der Waals surface area contributed by atoms with Gasteiger partial charge in [-0.05, 0) is 25.0 Å². The zero-order chi connectivity index (χ0) is 14.1. The van der Waals surface area contributed by atoms with Crippen molar-refractivity contribution in [2.45, 2.75) is 52.0 Å². The van der Waals surface area contributed by atoms with Crippen molar-refractivity contribution in [1.82, 2.24) is 15.5 Å². The van der Waals surface area contributed by atoms with Crippen LogP contribution in [0.15, 0.2) is 12.1 Å². The standard InChI is InChI=1S/C13H23N5O/c1-3-5-7-10(6-4-2)15-13(19)11-8-9-12(16-14)18-17-11/h8-10H,3-7,14H2,1-2H3,(H,15,19)(H,16,18). The van der Waals surface area contributed by atoms with Crippen LogP contribution >= 0.6 is 0 Å². The second-order valence-electron chi connectivity index (χ2n) is 4.55. The number of amides is 1. The Labute approximate surface area is 114 Å². The minimum Gasteiger partial charge on any atom is -0.348 e. The molecule has 1 unspecified atom stereocenters. The predicted octanol–water partition coefficient (Wildman–Crippen LogP) is 1.85. The van der Waals surface area contributed by atoms with E-state index in [-0.39, 0.29) is 11.9 Å². The topological polar surface area (TPSA) is 92.9 Å². The number of nitrogens with zero attached hydrogens (tertiary/aromatic N) is 2. The number of nitrogens with two attached hydrogens (primary N) is 1. The first kappa shape index (κ1) is 15.4. The Hall–Kier alpha value is -1.69. The molecule has 6 heteroatoms. The van der Waals surface area contributed by atoms with Crippen molar-refractivity contribution in [1.29, 1.82) is 0 Å². The minimum absolute atomic E-state index is 0.175. The van der Waals surface area contributed by atoms with Crippen molar-refractivity contribution < 1.29 is 4.79 Å². The van der Waals surface area contributed by atoms with E-state index in [1.54, 1.807) is 12.1 Å².